The van der Waals surface area contributed by atoms with Crippen molar-refractivity contribution in [1.29, 1.82) is 0 Å². The lowest BCUT2D eigenvalue weighted by Gasteiger charge is -2.32. The number of nitro benzene ring substituents is 1. The number of nitro groups is 1. The van der Waals surface area contributed by atoms with Crippen molar-refractivity contribution in [3.63, 3.8) is 0 Å². The molecule has 0 saturated heterocycles. The van der Waals surface area contributed by atoms with Gasteiger partial charge in [0, 0.05) is 6.07 Å². The Morgan fingerprint density at radius 3 is 2.43 bits per heavy atom. The van der Waals surface area contributed by atoms with Gasteiger partial charge in [0.15, 0.2) is 12.4 Å². The number of hydrogen-bond donors (Lipinski definition) is 1. The van der Waals surface area contributed by atoms with E-state index in [1.165, 1.54) is 12.1 Å². The molecule has 8 heteroatoms. The zero-order chi connectivity index (χ0) is 17.8. The number of benzene rings is 1. The first-order valence-electron chi connectivity index (χ1n) is 7.12. The van der Waals surface area contributed by atoms with Gasteiger partial charge in [-0.2, -0.15) is 0 Å². The van der Waals surface area contributed by atoms with Crippen LogP contribution >= 0.6 is 0 Å². The molecule has 1 aromatic carbocycles. The Morgan fingerprint density at radius 2 is 2.00 bits per heavy atom. The zero-order valence-electron chi connectivity index (χ0n) is 14.0. The van der Waals surface area contributed by atoms with Crippen LogP contribution in [0.15, 0.2) is 18.2 Å². The van der Waals surface area contributed by atoms with Crippen molar-refractivity contribution in [2.45, 2.75) is 40.0 Å². The molecular weight excluding hydrogens is 318 g/mol. The van der Waals surface area contributed by atoms with Gasteiger partial charge in [-0.3, -0.25) is 10.1 Å². The minimum atomic E-state index is -1.19. The van der Waals surface area contributed by atoms with E-state index in [0.29, 0.717) is 5.56 Å². The van der Waals surface area contributed by atoms with E-state index in [-0.39, 0.29) is 23.0 Å². The highest BCUT2D eigenvalue weighted by Crippen LogP contribution is 2.39. The second-order valence-electron chi connectivity index (χ2n) is 6.44. The Kier molecular flexibility index (Phi) is 6.28. The molecule has 1 radical (unpaired) electrons. The minimum Gasteiger partial charge on any atom is -0.479 e. The summed E-state index contributed by atoms with van der Waals surface area (Å²) in [5, 5.41) is 19.9. The van der Waals surface area contributed by atoms with E-state index < -0.39 is 26.5 Å². The van der Waals surface area contributed by atoms with Crippen molar-refractivity contribution < 1.29 is 24.0 Å². The van der Waals surface area contributed by atoms with Crippen LogP contribution in [0.3, 0.4) is 0 Å². The molecule has 0 fully saturated rings. The number of carboxylic acids is 1. The number of ether oxygens (including phenoxy) is 1. The van der Waals surface area contributed by atoms with Crippen LogP contribution in [0.25, 0.3) is 0 Å². The summed E-state index contributed by atoms with van der Waals surface area (Å²) in [6.07, 6.45) is -0.293. The van der Waals surface area contributed by atoms with Gasteiger partial charge >= 0.3 is 11.7 Å². The predicted octanol–water partition coefficient (Wildman–Crippen LogP) is 3.41. The molecule has 0 amide bonds. The van der Waals surface area contributed by atoms with Crippen molar-refractivity contribution in [3.05, 3.63) is 33.9 Å². The van der Waals surface area contributed by atoms with Gasteiger partial charge in [0.25, 0.3) is 0 Å². The molecule has 1 rings (SSSR count). The summed E-state index contributed by atoms with van der Waals surface area (Å²) in [5.74, 6) is -1.25. The first-order chi connectivity index (χ1) is 10.5. The quantitative estimate of drug-likeness (QED) is 0.464. The van der Waals surface area contributed by atoms with Crippen LogP contribution in [0, 0.1) is 15.5 Å². The monoisotopic (exact) mass is 340 g/mol. The van der Waals surface area contributed by atoms with E-state index >= 15 is 0 Å². The molecule has 127 valence electrons. The minimum absolute atomic E-state index is 0.0627. The molecule has 0 aliphatic carbocycles. The maximum absolute atomic E-state index is 11.3. The second-order valence-corrected chi connectivity index (χ2v) is 8.49. The number of aliphatic carboxylic acids is 1. The predicted molar refractivity (Wildman–Crippen MR) is 87.0 cm³/mol. The third-order valence-electron chi connectivity index (χ3n) is 2.97. The molecular formula is C15H22NO6Si. The molecule has 1 N–H and O–H groups in total. The van der Waals surface area contributed by atoms with E-state index in [0.717, 1.165) is 0 Å². The van der Waals surface area contributed by atoms with Crippen LogP contribution in [-0.2, 0) is 9.22 Å². The van der Waals surface area contributed by atoms with Gasteiger partial charge in [-0.15, -0.1) is 0 Å². The highest BCUT2D eigenvalue weighted by atomic mass is 28.3. The van der Waals surface area contributed by atoms with E-state index in [9.17, 15) is 14.9 Å². The fourth-order valence-electron chi connectivity index (χ4n) is 2.08. The number of rotatable bonds is 7. The van der Waals surface area contributed by atoms with Crippen LogP contribution in [-0.4, -0.2) is 31.6 Å². The van der Waals surface area contributed by atoms with E-state index in [1.807, 2.05) is 33.9 Å². The van der Waals surface area contributed by atoms with Crippen molar-refractivity contribution in [2.75, 3.05) is 6.61 Å². The number of hydrogen-bond acceptors (Lipinski definition) is 5. The average molecular weight is 340 g/mol. The highest BCUT2D eigenvalue weighted by Gasteiger charge is 2.30. The number of carbonyl (C=O) groups is 1. The SMILES string of the molecule is C[Si](C)OC(c1ccc(OCC(=O)O)c([N+](=O)[O-])c1)C(C)(C)C. The summed E-state index contributed by atoms with van der Waals surface area (Å²) in [6.45, 7) is 9.39. The topological polar surface area (TPSA) is 98.9 Å². The van der Waals surface area contributed by atoms with Crippen LogP contribution in [0.1, 0.15) is 32.4 Å². The average Bonchev–Trinajstić information content (AvgIpc) is 2.41. The summed E-state index contributed by atoms with van der Waals surface area (Å²) in [6, 6.07) is 4.51. The highest BCUT2D eigenvalue weighted by molar-refractivity contribution is 6.48. The van der Waals surface area contributed by atoms with E-state index in [4.69, 9.17) is 14.3 Å². The molecule has 1 unspecified atom stereocenters. The van der Waals surface area contributed by atoms with Gasteiger partial charge < -0.3 is 14.3 Å². The number of nitrogens with zero attached hydrogens (tertiary/aromatic N) is 1. The molecule has 0 bridgehead atoms. The smallest absolute Gasteiger partial charge is 0.341 e. The van der Waals surface area contributed by atoms with Crippen molar-refractivity contribution in [3.8, 4) is 5.75 Å². The normalized spacial score (nSPS) is 13.0. The molecule has 1 aromatic rings. The van der Waals surface area contributed by atoms with Gasteiger partial charge in [-0.25, -0.2) is 4.79 Å². The fraction of sp³-hybridized carbons (Fsp3) is 0.533. The lowest BCUT2D eigenvalue weighted by molar-refractivity contribution is -0.385. The molecule has 0 spiro atoms. The Labute approximate surface area is 137 Å². The molecule has 7 nitrogen and oxygen atoms in total. The van der Waals surface area contributed by atoms with Crippen molar-refractivity contribution in [2.24, 2.45) is 5.41 Å². The Hall–Kier alpha value is -1.93. The summed E-state index contributed by atoms with van der Waals surface area (Å²) in [7, 11) is -1.01. The fourth-order valence-corrected chi connectivity index (χ4v) is 3.04. The molecule has 0 aliphatic rings. The van der Waals surface area contributed by atoms with Gasteiger partial charge in [-0.1, -0.05) is 26.8 Å². The van der Waals surface area contributed by atoms with Crippen LogP contribution in [0.5, 0.6) is 5.75 Å². The van der Waals surface area contributed by atoms with Gasteiger partial charge in [0.2, 0.25) is 9.04 Å². The lowest BCUT2D eigenvalue weighted by atomic mass is 9.84. The Bertz CT molecular complexity index is 582. The molecule has 0 heterocycles. The summed E-state index contributed by atoms with van der Waals surface area (Å²) in [5.41, 5.74) is 0.180. The molecule has 0 aliphatic heterocycles. The van der Waals surface area contributed by atoms with Crippen molar-refractivity contribution >= 4 is 20.7 Å². The molecule has 0 aromatic heterocycles. The zero-order valence-corrected chi connectivity index (χ0v) is 15.0. The van der Waals surface area contributed by atoms with Gasteiger partial charge in [-0.05, 0) is 30.1 Å². The summed E-state index contributed by atoms with van der Waals surface area (Å²) in [4.78, 5) is 21.2. The van der Waals surface area contributed by atoms with E-state index in [1.54, 1.807) is 6.07 Å². The molecule has 0 saturated carbocycles. The van der Waals surface area contributed by atoms with Gasteiger partial charge in [0.1, 0.15) is 0 Å². The van der Waals surface area contributed by atoms with Crippen LogP contribution in [0.2, 0.25) is 13.1 Å². The second kappa shape index (κ2) is 7.56. The first-order valence-corrected chi connectivity index (χ1v) is 9.53. The Balaban J connectivity index is 3.23. The summed E-state index contributed by atoms with van der Waals surface area (Å²) < 4.78 is 11.0. The molecule has 23 heavy (non-hydrogen) atoms. The van der Waals surface area contributed by atoms with Crippen LogP contribution in [0.4, 0.5) is 5.69 Å². The third-order valence-corrected chi connectivity index (χ3v) is 3.68. The lowest BCUT2D eigenvalue weighted by Crippen LogP contribution is -2.26. The van der Waals surface area contributed by atoms with Crippen LogP contribution < -0.4 is 4.74 Å². The van der Waals surface area contributed by atoms with E-state index in [2.05, 4.69) is 0 Å². The number of carboxylic acid groups (broad SMARTS) is 1. The first kappa shape index (κ1) is 19.1. The van der Waals surface area contributed by atoms with Gasteiger partial charge in [0.05, 0.1) is 11.0 Å². The molecule has 1 atom stereocenters. The largest absolute Gasteiger partial charge is 0.479 e. The maximum Gasteiger partial charge on any atom is 0.341 e. The Morgan fingerprint density at radius 1 is 1.39 bits per heavy atom. The standard InChI is InChI=1S/C15H22NO6Si/c1-15(2,3)14(22-23(4)5)10-6-7-12(21-9-13(17)18)11(8-10)16(19)20/h6-8,14H,9H2,1-5H3,(H,17,18). The maximum atomic E-state index is 11.3. The van der Waals surface area contributed by atoms with Crippen molar-refractivity contribution in [1.82, 2.24) is 0 Å². The third kappa shape index (κ3) is 5.64. The summed E-state index contributed by atoms with van der Waals surface area (Å²) >= 11 is 0.